The van der Waals surface area contributed by atoms with E-state index in [9.17, 15) is 4.79 Å². The lowest BCUT2D eigenvalue weighted by Crippen LogP contribution is -2.22. The van der Waals surface area contributed by atoms with E-state index in [1.54, 1.807) is 0 Å². The summed E-state index contributed by atoms with van der Waals surface area (Å²) in [5.74, 6) is 0.556. The lowest BCUT2D eigenvalue weighted by atomic mass is 10.2. The maximum atomic E-state index is 12.1. The molecule has 0 spiro atoms. The van der Waals surface area contributed by atoms with Crippen molar-refractivity contribution in [3.05, 3.63) is 52.5 Å². The molecule has 2 aromatic rings. The Morgan fingerprint density at radius 3 is 2.73 bits per heavy atom. The SMILES string of the molecule is CCOc1ccccc1NC(=O)CNc1ccc(C)c(Br)c1. The van der Waals surface area contributed by atoms with E-state index in [2.05, 4.69) is 26.6 Å². The second-order valence-corrected chi connectivity index (χ2v) is 5.65. The highest BCUT2D eigenvalue weighted by Gasteiger charge is 2.07. The number of amides is 1. The molecule has 2 rings (SSSR count). The molecule has 1 amide bonds. The molecule has 2 N–H and O–H groups in total. The fraction of sp³-hybridized carbons (Fsp3) is 0.235. The van der Waals surface area contributed by atoms with Crippen molar-refractivity contribution in [1.29, 1.82) is 0 Å². The van der Waals surface area contributed by atoms with Crippen LogP contribution in [0.5, 0.6) is 5.75 Å². The maximum Gasteiger partial charge on any atom is 0.243 e. The second kappa shape index (κ2) is 7.84. The Bertz CT molecular complexity index is 659. The van der Waals surface area contributed by atoms with Crippen LogP contribution in [0.15, 0.2) is 46.9 Å². The third-order valence-electron chi connectivity index (χ3n) is 3.09. The Morgan fingerprint density at radius 1 is 1.23 bits per heavy atom. The van der Waals surface area contributed by atoms with Crippen LogP contribution in [-0.2, 0) is 4.79 Å². The summed E-state index contributed by atoms with van der Waals surface area (Å²) in [5.41, 5.74) is 2.73. The molecule has 0 aliphatic rings. The highest BCUT2D eigenvalue weighted by atomic mass is 79.9. The van der Waals surface area contributed by atoms with Crippen molar-refractivity contribution in [2.45, 2.75) is 13.8 Å². The number of carbonyl (C=O) groups excluding carboxylic acids is 1. The van der Waals surface area contributed by atoms with Crippen molar-refractivity contribution in [3.63, 3.8) is 0 Å². The molecule has 0 saturated heterocycles. The van der Waals surface area contributed by atoms with Gasteiger partial charge in [-0.2, -0.15) is 0 Å². The molecule has 5 heteroatoms. The first-order chi connectivity index (χ1) is 10.6. The summed E-state index contributed by atoms with van der Waals surface area (Å²) < 4.78 is 6.50. The third-order valence-corrected chi connectivity index (χ3v) is 3.94. The van der Waals surface area contributed by atoms with E-state index in [1.165, 1.54) is 0 Å². The standard InChI is InChI=1S/C17H19BrN2O2/c1-3-22-16-7-5-4-6-15(16)20-17(21)11-19-13-9-8-12(2)14(18)10-13/h4-10,19H,3,11H2,1-2H3,(H,20,21). The first-order valence-electron chi connectivity index (χ1n) is 7.12. The number of hydrogen-bond donors (Lipinski definition) is 2. The number of nitrogens with one attached hydrogen (secondary N) is 2. The topological polar surface area (TPSA) is 50.4 Å². The van der Waals surface area contributed by atoms with Crippen LogP contribution in [0.4, 0.5) is 11.4 Å². The third kappa shape index (κ3) is 4.49. The average Bonchev–Trinajstić information content (AvgIpc) is 2.51. The second-order valence-electron chi connectivity index (χ2n) is 4.79. The van der Waals surface area contributed by atoms with Crippen LogP contribution in [0.2, 0.25) is 0 Å². The molecule has 0 fully saturated rings. The van der Waals surface area contributed by atoms with E-state index in [1.807, 2.05) is 56.3 Å². The number of carbonyl (C=O) groups is 1. The van der Waals surface area contributed by atoms with Crippen LogP contribution in [0, 0.1) is 6.92 Å². The summed E-state index contributed by atoms with van der Waals surface area (Å²) in [7, 11) is 0. The van der Waals surface area contributed by atoms with Crippen LogP contribution in [0.3, 0.4) is 0 Å². The van der Waals surface area contributed by atoms with Gasteiger partial charge in [-0.3, -0.25) is 4.79 Å². The van der Waals surface area contributed by atoms with E-state index in [0.717, 1.165) is 15.7 Å². The van der Waals surface area contributed by atoms with Gasteiger partial charge in [-0.25, -0.2) is 0 Å². The predicted molar refractivity (Wildman–Crippen MR) is 93.6 cm³/mol. The van der Waals surface area contributed by atoms with Crippen LogP contribution in [0.25, 0.3) is 0 Å². The molecule has 4 nitrogen and oxygen atoms in total. The molecule has 0 heterocycles. The Balaban J connectivity index is 1.94. The van der Waals surface area contributed by atoms with Crippen molar-refractivity contribution in [2.24, 2.45) is 0 Å². The van der Waals surface area contributed by atoms with Crippen LogP contribution in [0.1, 0.15) is 12.5 Å². The fourth-order valence-electron chi connectivity index (χ4n) is 1.93. The number of anilines is 2. The van der Waals surface area contributed by atoms with Crippen molar-refractivity contribution in [2.75, 3.05) is 23.8 Å². The summed E-state index contributed by atoms with van der Waals surface area (Å²) in [5, 5.41) is 5.95. The molecule has 0 aliphatic carbocycles. The number of hydrogen-bond acceptors (Lipinski definition) is 3. The van der Waals surface area contributed by atoms with Crippen molar-refractivity contribution >= 4 is 33.2 Å². The lowest BCUT2D eigenvalue weighted by molar-refractivity contribution is -0.114. The van der Waals surface area contributed by atoms with Crippen LogP contribution >= 0.6 is 15.9 Å². The Kier molecular flexibility index (Phi) is 5.83. The number of para-hydroxylation sites is 2. The smallest absolute Gasteiger partial charge is 0.243 e. The van der Waals surface area contributed by atoms with E-state index in [0.29, 0.717) is 18.0 Å². The lowest BCUT2D eigenvalue weighted by Gasteiger charge is -2.12. The van der Waals surface area contributed by atoms with Gasteiger partial charge >= 0.3 is 0 Å². The van der Waals surface area contributed by atoms with E-state index in [-0.39, 0.29) is 12.5 Å². The molecule has 0 bridgehead atoms. The first kappa shape index (κ1) is 16.4. The molecule has 0 saturated carbocycles. The maximum absolute atomic E-state index is 12.1. The van der Waals surface area contributed by atoms with Gasteiger partial charge in [0.05, 0.1) is 18.8 Å². The Morgan fingerprint density at radius 2 is 2.00 bits per heavy atom. The molecule has 0 unspecified atom stereocenters. The van der Waals surface area contributed by atoms with E-state index < -0.39 is 0 Å². The zero-order valence-corrected chi connectivity index (χ0v) is 14.2. The Labute approximate surface area is 139 Å². The van der Waals surface area contributed by atoms with E-state index >= 15 is 0 Å². The highest BCUT2D eigenvalue weighted by molar-refractivity contribution is 9.10. The van der Waals surface area contributed by atoms with Crippen molar-refractivity contribution in [1.82, 2.24) is 0 Å². The fourth-order valence-corrected chi connectivity index (χ4v) is 2.31. The number of ether oxygens (including phenoxy) is 1. The predicted octanol–water partition coefficient (Wildman–Crippen LogP) is 4.21. The highest BCUT2D eigenvalue weighted by Crippen LogP contribution is 2.24. The quantitative estimate of drug-likeness (QED) is 0.809. The minimum atomic E-state index is -0.121. The number of halogens is 1. The van der Waals surface area contributed by atoms with Crippen molar-refractivity contribution < 1.29 is 9.53 Å². The first-order valence-corrected chi connectivity index (χ1v) is 7.91. The molecular formula is C17H19BrN2O2. The summed E-state index contributed by atoms with van der Waals surface area (Å²) in [6.45, 7) is 4.68. The summed E-state index contributed by atoms with van der Waals surface area (Å²) >= 11 is 3.48. The average molecular weight is 363 g/mol. The van der Waals surface area contributed by atoms with Gasteiger partial charge in [0.2, 0.25) is 5.91 Å². The van der Waals surface area contributed by atoms with Crippen LogP contribution in [-0.4, -0.2) is 19.1 Å². The molecule has 2 aromatic carbocycles. The van der Waals surface area contributed by atoms with E-state index in [4.69, 9.17) is 4.74 Å². The zero-order chi connectivity index (χ0) is 15.9. The molecule has 0 aromatic heterocycles. The van der Waals surface area contributed by atoms with Gasteiger partial charge in [0.25, 0.3) is 0 Å². The summed E-state index contributed by atoms with van der Waals surface area (Å²) in [4.78, 5) is 12.1. The van der Waals surface area contributed by atoms with Crippen molar-refractivity contribution in [3.8, 4) is 5.75 Å². The van der Waals surface area contributed by atoms with Gasteiger partial charge < -0.3 is 15.4 Å². The minimum Gasteiger partial charge on any atom is -0.492 e. The molecule has 22 heavy (non-hydrogen) atoms. The summed E-state index contributed by atoms with van der Waals surface area (Å²) in [6, 6.07) is 13.3. The minimum absolute atomic E-state index is 0.121. The molecular weight excluding hydrogens is 344 g/mol. The monoisotopic (exact) mass is 362 g/mol. The summed E-state index contributed by atoms with van der Waals surface area (Å²) in [6.07, 6.45) is 0. The normalized spacial score (nSPS) is 10.1. The van der Waals surface area contributed by atoms with Gasteiger partial charge in [-0.15, -0.1) is 0 Å². The zero-order valence-electron chi connectivity index (χ0n) is 12.7. The van der Waals surface area contributed by atoms with Gasteiger partial charge in [0.1, 0.15) is 5.75 Å². The molecule has 0 radical (unpaired) electrons. The van der Waals surface area contributed by atoms with Gasteiger partial charge in [0, 0.05) is 10.2 Å². The Hall–Kier alpha value is -2.01. The number of rotatable bonds is 6. The number of benzene rings is 2. The van der Waals surface area contributed by atoms with Gasteiger partial charge in [-0.05, 0) is 43.7 Å². The number of aryl methyl sites for hydroxylation is 1. The van der Waals surface area contributed by atoms with Gasteiger partial charge in [-0.1, -0.05) is 34.1 Å². The molecule has 0 aliphatic heterocycles. The van der Waals surface area contributed by atoms with Gasteiger partial charge in [0.15, 0.2) is 0 Å². The largest absolute Gasteiger partial charge is 0.492 e. The molecule has 0 atom stereocenters. The molecule has 116 valence electrons. The van der Waals surface area contributed by atoms with Crippen LogP contribution < -0.4 is 15.4 Å².